The predicted octanol–water partition coefficient (Wildman–Crippen LogP) is 2.83. The highest BCUT2D eigenvalue weighted by atomic mass is 16.5. The Morgan fingerprint density at radius 1 is 1.06 bits per heavy atom. The van der Waals surface area contributed by atoms with Gasteiger partial charge in [-0.05, 0) is 68.8 Å². The van der Waals surface area contributed by atoms with Crippen LogP contribution in [0.5, 0.6) is 11.5 Å². The molecule has 3 fully saturated rings. The number of likely N-dealkylation sites (tertiary alicyclic amines) is 1. The Bertz CT molecular complexity index is 892. The van der Waals surface area contributed by atoms with E-state index in [4.69, 9.17) is 14.2 Å². The number of ether oxygens (including phenoxy) is 3. The van der Waals surface area contributed by atoms with E-state index in [1.807, 2.05) is 28.0 Å². The first-order chi connectivity index (χ1) is 17.5. The number of carbonyl (C=O) groups excluding carboxylic acids is 2. The molecule has 3 aliphatic heterocycles. The molecule has 1 aromatic carbocycles. The van der Waals surface area contributed by atoms with Crippen molar-refractivity contribution in [3.8, 4) is 11.5 Å². The minimum atomic E-state index is -0.272. The number of amides is 2. The number of nitrogens with zero attached hydrogens (tertiary/aromatic N) is 3. The van der Waals surface area contributed by atoms with Crippen molar-refractivity contribution in [3.63, 3.8) is 0 Å². The summed E-state index contributed by atoms with van der Waals surface area (Å²) in [5.41, 5.74) is 1.08. The lowest BCUT2D eigenvalue weighted by molar-refractivity contribution is -0.137. The molecule has 36 heavy (non-hydrogen) atoms. The van der Waals surface area contributed by atoms with Crippen LogP contribution in [0.15, 0.2) is 18.2 Å². The third-order valence-corrected chi connectivity index (χ3v) is 8.24. The second-order valence-corrected chi connectivity index (χ2v) is 10.5. The van der Waals surface area contributed by atoms with Gasteiger partial charge < -0.3 is 28.9 Å². The summed E-state index contributed by atoms with van der Waals surface area (Å²) in [5.74, 6) is 1.79. The molecule has 4 rings (SSSR count). The molecule has 2 amide bonds. The van der Waals surface area contributed by atoms with Gasteiger partial charge in [-0.15, -0.1) is 0 Å². The van der Waals surface area contributed by atoms with E-state index in [1.54, 1.807) is 21.3 Å². The maximum absolute atomic E-state index is 13.7. The maximum atomic E-state index is 13.7. The Hall–Kier alpha value is -2.32. The van der Waals surface area contributed by atoms with Crippen molar-refractivity contribution in [2.24, 2.45) is 11.8 Å². The number of hydrogen-bond donors (Lipinski definition) is 0. The van der Waals surface area contributed by atoms with E-state index < -0.39 is 0 Å². The lowest BCUT2D eigenvalue weighted by Gasteiger charge is -2.46. The molecule has 0 aromatic heterocycles. The van der Waals surface area contributed by atoms with Crippen LogP contribution in [0.25, 0.3) is 0 Å². The Labute approximate surface area is 215 Å². The quantitative estimate of drug-likeness (QED) is 0.464. The fraction of sp³-hybridized carbons (Fsp3) is 0.714. The van der Waals surface area contributed by atoms with Crippen LogP contribution in [-0.4, -0.2) is 99.8 Å². The van der Waals surface area contributed by atoms with E-state index in [9.17, 15) is 9.59 Å². The molecule has 200 valence electrons. The van der Waals surface area contributed by atoms with Gasteiger partial charge in [-0.1, -0.05) is 12.5 Å². The average Bonchev–Trinajstić information content (AvgIpc) is 3.29. The van der Waals surface area contributed by atoms with Crippen molar-refractivity contribution in [1.82, 2.24) is 14.7 Å². The number of methoxy groups -OCH3 is 3. The first-order valence-corrected chi connectivity index (χ1v) is 13.5. The molecule has 3 aliphatic rings. The van der Waals surface area contributed by atoms with Crippen LogP contribution in [-0.2, 0) is 20.7 Å². The van der Waals surface area contributed by atoms with E-state index in [2.05, 4.69) is 4.90 Å². The highest BCUT2D eigenvalue weighted by molar-refractivity contribution is 5.89. The summed E-state index contributed by atoms with van der Waals surface area (Å²) in [7, 11) is 4.92. The predicted molar refractivity (Wildman–Crippen MR) is 138 cm³/mol. The molecular formula is C28H43N3O5. The van der Waals surface area contributed by atoms with Crippen LogP contribution < -0.4 is 9.47 Å². The highest BCUT2D eigenvalue weighted by Crippen LogP contribution is 2.32. The van der Waals surface area contributed by atoms with Crippen LogP contribution in [0.3, 0.4) is 0 Å². The van der Waals surface area contributed by atoms with E-state index in [-0.39, 0.29) is 17.7 Å². The van der Waals surface area contributed by atoms with Gasteiger partial charge in [0.25, 0.3) is 0 Å². The van der Waals surface area contributed by atoms with Crippen molar-refractivity contribution in [3.05, 3.63) is 23.8 Å². The minimum absolute atomic E-state index is 0.0663. The second kappa shape index (κ2) is 12.8. The Balaban J connectivity index is 1.36. The summed E-state index contributed by atoms with van der Waals surface area (Å²) >= 11 is 0. The molecule has 0 spiro atoms. The summed E-state index contributed by atoms with van der Waals surface area (Å²) in [4.78, 5) is 33.0. The molecule has 8 heteroatoms. The van der Waals surface area contributed by atoms with Crippen LogP contribution >= 0.6 is 0 Å². The van der Waals surface area contributed by atoms with E-state index in [0.29, 0.717) is 62.5 Å². The molecule has 0 saturated carbocycles. The van der Waals surface area contributed by atoms with E-state index in [1.165, 1.54) is 45.2 Å². The van der Waals surface area contributed by atoms with Gasteiger partial charge in [-0.2, -0.15) is 0 Å². The van der Waals surface area contributed by atoms with Gasteiger partial charge in [-0.25, -0.2) is 0 Å². The molecule has 0 radical (unpaired) electrons. The summed E-state index contributed by atoms with van der Waals surface area (Å²) < 4.78 is 16.1. The third kappa shape index (κ3) is 6.32. The zero-order valence-electron chi connectivity index (χ0n) is 22.2. The normalized spacial score (nSPS) is 24.5. The van der Waals surface area contributed by atoms with Crippen molar-refractivity contribution in [1.29, 1.82) is 0 Å². The summed E-state index contributed by atoms with van der Waals surface area (Å²) in [5, 5.41) is 0. The van der Waals surface area contributed by atoms with Gasteiger partial charge in [0.05, 0.1) is 26.7 Å². The molecule has 1 aromatic rings. The SMILES string of the molecule is COCCN(C[C@@H]1CCCN2CCCC[C@@H]12)C(=O)[C@@H]1CC(=O)N(CCc2ccc(OC)c(OC)c2)C1. The standard InChI is InChI=1S/C28H43N3O5/c1-34-16-15-31(19-22-7-6-13-29-12-5-4-8-24(22)29)28(33)23-18-27(32)30(20-23)14-11-21-9-10-25(35-2)26(17-21)36-3/h9-10,17,22-24H,4-8,11-16,18-20H2,1-3H3/t22-,23+,24-/m0/s1. The highest BCUT2D eigenvalue weighted by Gasteiger charge is 2.39. The van der Waals surface area contributed by atoms with Crippen molar-refractivity contribution >= 4 is 11.8 Å². The lowest BCUT2D eigenvalue weighted by Crippen LogP contribution is -2.52. The number of piperidine rings is 2. The smallest absolute Gasteiger partial charge is 0.228 e. The number of rotatable bonds is 11. The molecule has 0 bridgehead atoms. The maximum Gasteiger partial charge on any atom is 0.228 e. The largest absolute Gasteiger partial charge is 0.493 e. The van der Waals surface area contributed by atoms with Gasteiger partial charge >= 0.3 is 0 Å². The number of benzene rings is 1. The molecule has 3 saturated heterocycles. The fourth-order valence-corrected chi connectivity index (χ4v) is 6.28. The molecule has 3 heterocycles. The lowest BCUT2D eigenvalue weighted by atomic mass is 9.83. The summed E-state index contributed by atoms with van der Waals surface area (Å²) in [6, 6.07) is 6.43. The zero-order valence-corrected chi connectivity index (χ0v) is 22.2. The average molecular weight is 502 g/mol. The minimum Gasteiger partial charge on any atom is -0.493 e. The molecule has 3 atom stereocenters. The molecule has 8 nitrogen and oxygen atoms in total. The van der Waals surface area contributed by atoms with Gasteiger partial charge in [0.1, 0.15) is 0 Å². The number of hydrogen-bond acceptors (Lipinski definition) is 6. The van der Waals surface area contributed by atoms with Crippen LogP contribution in [0.1, 0.15) is 44.1 Å². The van der Waals surface area contributed by atoms with Gasteiger partial charge in [-0.3, -0.25) is 9.59 Å². The van der Waals surface area contributed by atoms with E-state index in [0.717, 1.165) is 12.1 Å². The van der Waals surface area contributed by atoms with Crippen LogP contribution in [0.2, 0.25) is 0 Å². The Kier molecular flexibility index (Phi) is 9.48. The number of fused-ring (bicyclic) bond motifs is 1. The number of carbonyl (C=O) groups is 2. The first-order valence-electron chi connectivity index (χ1n) is 13.5. The van der Waals surface area contributed by atoms with E-state index >= 15 is 0 Å². The van der Waals surface area contributed by atoms with Gasteiger partial charge in [0, 0.05) is 45.8 Å². The summed E-state index contributed by atoms with van der Waals surface area (Å²) in [6.45, 7) is 5.37. The van der Waals surface area contributed by atoms with Gasteiger partial charge in [0.2, 0.25) is 11.8 Å². The zero-order chi connectivity index (χ0) is 25.5. The molecule has 0 N–H and O–H groups in total. The molecular weight excluding hydrogens is 458 g/mol. The third-order valence-electron chi connectivity index (χ3n) is 8.24. The van der Waals surface area contributed by atoms with Crippen LogP contribution in [0.4, 0.5) is 0 Å². The topological polar surface area (TPSA) is 71.6 Å². The second-order valence-electron chi connectivity index (χ2n) is 10.5. The van der Waals surface area contributed by atoms with Crippen molar-refractivity contribution in [2.45, 2.75) is 51.0 Å². The van der Waals surface area contributed by atoms with Gasteiger partial charge in [0.15, 0.2) is 11.5 Å². The summed E-state index contributed by atoms with van der Waals surface area (Å²) in [6.07, 6.45) is 7.21. The fourth-order valence-electron chi connectivity index (χ4n) is 6.28. The van der Waals surface area contributed by atoms with Crippen LogP contribution in [0, 0.1) is 11.8 Å². The van der Waals surface area contributed by atoms with Crippen molar-refractivity contribution in [2.75, 3.05) is 67.2 Å². The molecule has 0 unspecified atom stereocenters. The Morgan fingerprint density at radius 2 is 1.86 bits per heavy atom. The first kappa shape index (κ1) is 26.7. The Morgan fingerprint density at radius 3 is 2.64 bits per heavy atom. The molecule has 0 aliphatic carbocycles. The monoisotopic (exact) mass is 501 g/mol. The van der Waals surface area contributed by atoms with Crippen molar-refractivity contribution < 1.29 is 23.8 Å².